The molecular formula is C13H20N2O2S. The van der Waals surface area contributed by atoms with Crippen LogP contribution in [0.2, 0.25) is 0 Å². The molecule has 1 aromatic heterocycles. The number of rotatable bonds is 8. The molecule has 0 atom stereocenters. The third-order valence-corrected chi connectivity index (χ3v) is 3.28. The van der Waals surface area contributed by atoms with Crippen LogP contribution in [0.5, 0.6) is 0 Å². The average molecular weight is 268 g/mol. The van der Waals surface area contributed by atoms with Gasteiger partial charge in [0, 0.05) is 24.1 Å². The zero-order valence-corrected chi connectivity index (χ0v) is 11.8. The van der Waals surface area contributed by atoms with Crippen molar-refractivity contribution >= 4 is 17.7 Å². The molecule has 1 heterocycles. The number of carbonyl (C=O) groups excluding carboxylic acids is 1. The lowest BCUT2D eigenvalue weighted by atomic mass is 10.2. The summed E-state index contributed by atoms with van der Waals surface area (Å²) in [4.78, 5) is 19.6. The maximum atomic E-state index is 11.1. The van der Waals surface area contributed by atoms with Gasteiger partial charge in [0.25, 0.3) is 0 Å². The quantitative estimate of drug-likeness (QED) is 0.314. The second kappa shape index (κ2) is 8.91. The van der Waals surface area contributed by atoms with Crippen LogP contribution in [0.15, 0.2) is 17.4 Å². The first-order chi connectivity index (χ1) is 8.72. The number of hydrogen-bond acceptors (Lipinski definition) is 5. The van der Waals surface area contributed by atoms with Crippen molar-refractivity contribution in [1.29, 1.82) is 0 Å². The van der Waals surface area contributed by atoms with Gasteiger partial charge in [0.15, 0.2) is 5.16 Å². The Morgan fingerprint density at radius 3 is 2.94 bits per heavy atom. The van der Waals surface area contributed by atoms with Crippen molar-refractivity contribution in [3.05, 3.63) is 18.0 Å². The highest BCUT2D eigenvalue weighted by Gasteiger charge is 2.01. The highest BCUT2D eigenvalue weighted by molar-refractivity contribution is 7.99. The Balaban J connectivity index is 2.04. The van der Waals surface area contributed by atoms with Crippen molar-refractivity contribution in [2.75, 3.05) is 12.4 Å². The van der Waals surface area contributed by atoms with Gasteiger partial charge in [-0.25, -0.2) is 9.97 Å². The molecule has 0 unspecified atom stereocenters. The van der Waals surface area contributed by atoms with Crippen molar-refractivity contribution < 1.29 is 9.53 Å². The van der Waals surface area contributed by atoms with Gasteiger partial charge in [-0.3, -0.25) is 4.79 Å². The van der Waals surface area contributed by atoms with E-state index in [0.717, 1.165) is 35.9 Å². The molecule has 18 heavy (non-hydrogen) atoms. The molecule has 1 aromatic rings. The molecule has 0 saturated heterocycles. The van der Waals surface area contributed by atoms with Gasteiger partial charge in [0.1, 0.15) is 0 Å². The Kier molecular flexibility index (Phi) is 7.41. The summed E-state index contributed by atoms with van der Waals surface area (Å²) in [6.07, 6.45) is 5.32. The van der Waals surface area contributed by atoms with E-state index in [4.69, 9.17) is 4.74 Å². The number of hydrogen-bond donors (Lipinski definition) is 0. The minimum Gasteiger partial charge on any atom is -0.466 e. The van der Waals surface area contributed by atoms with Crippen LogP contribution >= 0.6 is 11.8 Å². The minimum atomic E-state index is -0.0906. The molecule has 5 heteroatoms. The van der Waals surface area contributed by atoms with Gasteiger partial charge in [-0.05, 0) is 32.8 Å². The third-order valence-electron chi connectivity index (χ3n) is 2.33. The van der Waals surface area contributed by atoms with Gasteiger partial charge in [0.05, 0.1) is 6.61 Å². The van der Waals surface area contributed by atoms with Crippen molar-refractivity contribution in [3.8, 4) is 0 Å². The van der Waals surface area contributed by atoms with E-state index >= 15 is 0 Å². The number of aromatic nitrogens is 2. The Bertz CT molecular complexity index is 372. The van der Waals surface area contributed by atoms with Gasteiger partial charge < -0.3 is 4.74 Å². The second-order valence-corrected chi connectivity index (χ2v) is 5.01. The lowest BCUT2D eigenvalue weighted by Crippen LogP contribution is -2.03. The Labute approximate surface area is 113 Å². The van der Waals surface area contributed by atoms with Crippen LogP contribution in [0, 0.1) is 6.92 Å². The number of thioether (sulfide) groups is 1. The molecule has 0 bridgehead atoms. The fourth-order valence-corrected chi connectivity index (χ4v) is 2.32. The molecule has 0 spiro atoms. The van der Waals surface area contributed by atoms with Gasteiger partial charge in [-0.1, -0.05) is 18.2 Å². The summed E-state index contributed by atoms with van der Waals surface area (Å²) in [6, 6.07) is 1.89. The predicted molar refractivity (Wildman–Crippen MR) is 72.6 cm³/mol. The summed E-state index contributed by atoms with van der Waals surface area (Å²) in [5.41, 5.74) is 0.995. The molecule has 4 nitrogen and oxygen atoms in total. The highest BCUT2D eigenvalue weighted by Crippen LogP contribution is 2.15. The van der Waals surface area contributed by atoms with Gasteiger partial charge in [-0.15, -0.1) is 0 Å². The monoisotopic (exact) mass is 268 g/mol. The molecule has 0 N–H and O–H groups in total. The molecule has 0 amide bonds. The largest absolute Gasteiger partial charge is 0.466 e. The van der Waals surface area contributed by atoms with E-state index in [1.807, 2.05) is 19.9 Å². The van der Waals surface area contributed by atoms with E-state index < -0.39 is 0 Å². The normalized spacial score (nSPS) is 10.3. The number of nitrogens with zero attached hydrogens (tertiary/aromatic N) is 2. The fraction of sp³-hybridized carbons (Fsp3) is 0.615. The van der Waals surface area contributed by atoms with Crippen molar-refractivity contribution in [3.63, 3.8) is 0 Å². The summed E-state index contributed by atoms with van der Waals surface area (Å²) in [6.45, 7) is 4.26. The number of carbonyl (C=O) groups is 1. The molecule has 1 rings (SSSR count). The summed E-state index contributed by atoms with van der Waals surface area (Å²) in [5.74, 6) is 0.902. The maximum Gasteiger partial charge on any atom is 0.305 e. The van der Waals surface area contributed by atoms with Crippen LogP contribution in [0.3, 0.4) is 0 Å². The lowest BCUT2D eigenvalue weighted by Gasteiger charge is -2.02. The maximum absolute atomic E-state index is 11.1. The fourth-order valence-electron chi connectivity index (χ4n) is 1.44. The highest BCUT2D eigenvalue weighted by atomic mass is 32.2. The number of aryl methyl sites for hydroxylation is 1. The number of unbranched alkanes of at least 4 members (excludes halogenated alkanes) is 2. The van der Waals surface area contributed by atoms with E-state index in [-0.39, 0.29) is 5.97 Å². The minimum absolute atomic E-state index is 0.0906. The molecule has 0 radical (unpaired) electrons. The van der Waals surface area contributed by atoms with Crippen LogP contribution in [0.1, 0.15) is 38.3 Å². The van der Waals surface area contributed by atoms with Crippen molar-refractivity contribution in [1.82, 2.24) is 9.97 Å². The molecule has 0 fully saturated rings. The SMILES string of the molecule is CCOC(=O)CCCCCSc1nccc(C)n1. The third kappa shape index (κ3) is 6.59. The number of ether oxygens (including phenoxy) is 1. The first-order valence-electron chi connectivity index (χ1n) is 6.30. The van der Waals surface area contributed by atoms with Crippen LogP contribution in [0.4, 0.5) is 0 Å². The molecule has 0 saturated carbocycles. The zero-order valence-electron chi connectivity index (χ0n) is 11.0. The standard InChI is InChI=1S/C13H20N2O2S/c1-3-17-12(16)7-5-4-6-10-18-13-14-9-8-11(2)15-13/h8-9H,3-7,10H2,1-2H3. The Morgan fingerprint density at radius 1 is 1.39 bits per heavy atom. The molecule has 0 aromatic carbocycles. The summed E-state index contributed by atoms with van der Waals surface area (Å²) in [5, 5.41) is 0.834. The molecule has 0 aliphatic rings. The first kappa shape index (κ1) is 15.0. The zero-order chi connectivity index (χ0) is 13.2. The summed E-state index contributed by atoms with van der Waals surface area (Å²) >= 11 is 1.67. The predicted octanol–water partition coefficient (Wildman–Crippen LogP) is 3.00. The van der Waals surface area contributed by atoms with Crippen LogP contribution < -0.4 is 0 Å². The smallest absolute Gasteiger partial charge is 0.305 e. The van der Waals surface area contributed by atoms with E-state index in [9.17, 15) is 4.79 Å². The van der Waals surface area contributed by atoms with E-state index in [1.165, 1.54) is 0 Å². The molecular weight excluding hydrogens is 248 g/mol. The second-order valence-electron chi connectivity index (χ2n) is 3.94. The van der Waals surface area contributed by atoms with Crippen LogP contribution in [-0.4, -0.2) is 28.3 Å². The van der Waals surface area contributed by atoms with Gasteiger partial charge >= 0.3 is 5.97 Å². The first-order valence-corrected chi connectivity index (χ1v) is 7.29. The van der Waals surface area contributed by atoms with Crippen molar-refractivity contribution in [2.45, 2.75) is 44.7 Å². The number of esters is 1. The van der Waals surface area contributed by atoms with Crippen LogP contribution in [0.25, 0.3) is 0 Å². The lowest BCUT2D eigenvalue weighted by molar-refractivity contribution is -0.143. The topological polar surface area (TPSA) is 52.1 Å². The van der Waals surface area contributed by atoms with E-state index in [0.29, 0.717) is 13.0 Å². The van der Waals surface area contributed by atoms with Crippen molar-refractivity contribution in [2.24, 2.45) is 0 Å². The average Bonchev–Trinajstić information content (AvgIpc) is 2.34. The van der Waals surface area contributed by atoms with Crippen LogP contribution in [-0.2, 0) is 9.53 Å². The summed E-state index contributed by atoms with van der Waals surface area (Å²) in [7, 11) is 0. The van der Waals surface area contributed by atoms with Gasteiger partial charge in [0.2, 0.25) is 0 Å². The van der Waals surface area contributed by atoms with E-state index in [2.05, 4.69) is 9.97 Å². The molecule has 0 aliphatic carbocycles. The van der Waals surface area contributed by atoms with Gasteiger partial charge in [-0.2, -0.15) is 0 Å². The Morgan fingerprint density at radius 2 is 2.22 bits per heavy atom. The summed E-state index contributed by atoms with van der Waals surface area (Å²) < 4.78 is 4.87. The van der Waals surface area contributed by atoms with E-state index in [1.54, 1.807) is 18.0 Å². The molecule has 0 aliphatic heterocycles. The molecule has 100 valence electrons. The Hall–Kier alpha value is -1.10.